The summed E-state index contributed by atoms with van der Waals surface area (Å²) < 4.78 is 12.0. The molecule has 2 aromatic heterocycles. The van der Waals surface area contributed by atoms with Gasteiger partial charge in [0.2, 0.25) is 0 Å². The molecular weight excluding hydrogens is 310 g/mol. The molecule has 1 N–H and O–H groups in total. The van der Waals surface area contributed by atoms with Crippen LogP contribution in [0.15, 0.2) is 55.1 Å². The summed E-state index contributed by atoms with van der Waals surface area (Å²) in [6.07, 6.45) is 6.38. The Balaban J connectivity index is 1.54. The van der Waals surface area contributed by atoms with E-state index in [-0.39, 0.29) is 12.5 Å². The van der Waals surface area contributed by atoms with E-state index >= 15 is 0 Å². The van der Waals surface area contributed by atoms with E-state index in [0.717, 1.165) is 0 Å². The number of hydrogen-bond donors (Lipinski definition) is 1. The fourth-order valence-corrected chi connectivity index (χ4v) is 1.93. The first-order valence-corrected chi connectivity index (χ1v) is 7.13. The maximum atomic E-state index is 11.9. The first-order valence-electron chi connectivity index (χ1n) is 7.13. The van der Waals surface area contributed by atoms with Crippen molar-refractivity contribution in [2.24, 2.45) is 0 Å². The third-order valence-corrected chi connectivity index (χ3v) is 3.04. The van der Waals surface area contributed by atoms with E-state index in [0.29, 0.717) is 23.1 Å². The number of benzene rings is 1. The van der Waals surface area contributed by atoms with Gasteiger partial charge in [0, 0.05) is 18.5 Å². The van der Waals surface area contributed by atoms with Crippen molar-refractivity contribution in [1.29, 1.82) is 0 Å². The molecule has 0 spiro atoms. The van der Waals surface area contributed by atoms with Crippen LogP contribution in [0.5, 0.6) is 11.5 Å². The van der Waals surface area contributed by atoms with Crippen LogP contribution >= 0.6 is 0 Å². The van der Waals surface area contributed by atoms with Crippen LogP contribution in [-0.4, -0.2) is 39.4 Å². The lowest BCUT2D eigenvalue weighted by Crippen LogP contribution is -2.20. The first-order chi connectivity index (χ1) is 11.7. The summed E-state index contributed by atoms with van der Waals surface area (Å²) in [4.78, 5) is 20.2. The van der Waals surface area contributed by atoms with Crippen LogP contribution < -0.4 is 14.8 Å². The summed E-state index contributed by atoms with van der Waals surface area (Å²) in [5.41, 5.74) is 0.477. The Hall–Kier alpha value is -3.42. The largest absolute Gasteiger partial charge is 0.497 e. The molecule has 3 aromatic rings. The minimum absolute atomic E-state index is 0.131. The van der Waals surface area contributed by atoms with Crippen molar-refractivity contribution in [3.05, 3.63) is 55.1 Å². The number of nitrogens with zero attached hydrogens (tertiary/aromatic N) is 4. The molecule has 0 aliphatic rings. The van der Waals surface area contributed by atoms with Crippen LogP contribution in [0.2, 0.25) is 0 Å². The van der Waals surface area contributed by atoms with Gasteiger partial charge in [-0.1, -0.05) is 6.07 Å². The van der Waals surface area contributed by atoms with E-state index in [1.165, 1.54) is 17.1 Å². The van der Waals surface area contributed by atoms with Gasteiger partial charge in [0.05, 0.1) is 25.2 Å². The average molecular weight is 325 g/mol. The van der Waals surface area contributed by atoms with Crippen LogP contribution in [-0.2, 0) is 4.79 Å². The summed E-state index contributed by atoms with van der Waals surface area (Å²) in [6, 6.07) is 8.81. The second-order valence-electron chi connectivity index (χ2n) is 4.74. The van der Waals surface area contributed by atoms with Crippen LogP contribution in [0.4, 0.5) is 5.69 Å². The summed E-state index contributed by atoms with van der Waals surface area (Å²) in [7, 11) is 1.57. The molecule has 0 aliphatic carbocycles. The van der Waals surface area contributed by atoms with Gasteiger partial charge in [-0.3, -0.25) is 4.79 Å². The minimum atomic E-state index is -0.312. The number of ether oxygens (including phenoxy) is 2. The summed E-state index contributed by atoms with van der Waals surface area (Å²) in [5, 5.41) is 6.69. The van der Waals surface area contributed by atoms with Crippen molar-refractivity contribution >= 4 is 11.6 Å². The molecular formula is C16H15N5O3. The number of aromatic nitrogens is 4. The van der Waals surface area contributed by atoms with Gasteiger partial charge in [0.1, 0.15) is 11.5 Å². The van der Waals surface area contributed by atoms with Gasteiger partial charge in [-0.2, -0.15) is 5.10 Å². The third-order valence-electron chi connectivity index (χ3n) is 3.04. The van der Waals surface area contributed by atoms with Crippen molar-refractivity contribution in [1.82, 2.24) is 19.7 Å². The summed E-state index contributed by atoms with van der Waals surface area (Å²) in [6.45, 7) is -0.131. The Morgan fingerprint density at radius 3 is 2.71 bits per heavy atom. The van der Waals surface area contributed by atoms with Crippen LogP contribution in [0, 0.1) is 0 Å². The molecule has 2 heterocycles. The van der Waals surface area contributed by atoms with Crippen molar-refractivity contribution in [3.8, 4) is 17.4 Å². The van der Waals surface area contributed by atoms with Crippen molar-refractivity contribution < 1.29 is 14.3 Å². The van der Waals surface area contributed by atoms with Gasteiger partial charge >= 0.3 is 0 Å². The zero-order valence-electron chi connectivity index (χ0n) is 12.9. The molecule has 1 aromatic carbocycles. The number of methoxy groups -OCH3 is 1. The molecule has 3 rings (SSSR count). The highest BCUT2D eigenvalue weighted by Crippen LogP contribution is 2.18. The Kier molecular flexibility index (Phi) is 4.66. The molecule has 0 fully saturated rings. The van der Waals surface area contributed by atoms with Gasteiger partial charge < -0.3 is 14.8 Å². The predicted octanol–water partition coefficient (Wildman–Crippen LogP) is 1.69. The number of anilines is 1. The highest BCUT2D eigenvalue weighted by atomic mass is 16.5. The SMILES string of the molecule is COc1cccc(OCC(=O)Nc2cnc(-n3cccn3)nc2)c1. The van der Waals surface area contributed by atoms with E-state index in [9.17, 15) is 4.79 Å². The van der Waals surface area contributed by atoms with Gasteiger partial charge in [-0.05, 0) is 18.2 Å². The number of nitrogens with one attached hydrogen (secondary N) is 1. The van der Waals surface area contributed by atoms with Crippen LogP contribution in [0.1, 0.15) is 0 Å². The summed E-state index contributed by atoms with van der Waals surface area (Å²) >= 11 is 0. The van der Waals surface area contributed by atoms with E-state index in [1.54, 1.807) is 49.8 Å². The number of carbonyl (C=O) groups excluding carboxylic acids is 1. The fourth-order valence-electron chi connectivity index (χ4n) is 1.93. The lowest BCUT2D eigenvalue weighted by atomic mass is 10.3. The van der Waals surface area contributed by atoms with E-state index in [4.69, 9.17) is 9.47 Å². The standard InChI is InChI=1S/C16H15N5O3/c1-23-13-4-2-5-14(8-13)24-11-15(22)20-12-9-17-16(18-10-12)21-7-3-6-19-21/h2-10H,11H2,1H3,(H,20,22). The maximum absolute atomic E-state index is 11.9. The van der Waals surface area contributed by atoms with Crippen molar-refractivity contribution in [2.45, 2.75) is 0 Å². The Bertz CT molecular complexity index is 803. The topological polar surface area (TPSA) is 91.2 Å². The molecule has 0 saturated heterocycles. The van der Waals surface area contributed by atoms with Gasteiger partial charge in [-0.15, -0.1) is 0 Å². The van der Waals surface area contributed by atoms with E-state index in [1.807, 2.05) is 0 Å². The number of carbonyl (C=O) groups is 1. The second kappa shape index (κ2) is 7.23. The zero-order chi connectivity index (χ0) is 16.8. The zero-order valence-corrected chi connectivity index (χ0v) is 12.9. The Labute approximate surface area is 138 Å². The molecule has 1 amide bonds. The molecule has 0 aliphatic heterocycles. The molecule has 0 unspecified atom stereocenters. The molecule has 8 heteroatoms. The summed E-state index contributed by atoms with van der Waals surface area (Å²) in [5.74, 6) is 1.32. The predicted molar refractivity (Wildman–Crippen MR) is 86.3 cm³/mol. The van der Waals surface area contributed by atoms with E-state index < -0.39 is 0 Å². The second-order valence-corrected chi connectivity index (χ2v) is 4.74. The average Bonchev–Trinajstić information content (AvgIpc) is 3.15. The lowest BCUT2D eigenvalue weighted by Gasteiger charge is -2.08. The lowest BCUT2D eigenvalue weighted by molar-refractivity contribution is -0.118. The van der Waals surface area contributed by atoms with Crippen LogP contribution in [0.3, 0.4) is 0 Å². The molecule has 8 nitrogen and oxygen atoms in total. The minimum Gasteiger partial charge on any atom is -0.497 e. The molecule has 122 valence electrons. The molecule has 0 bridgehead atoms. The van der Waals surface area contributed by atoms with Crippen LogP contribution in [0.25, 0.3) is 5.95 Å². The molecule has 0 radical (unpaired) electrons. The normalized spacial score (nSPS) is 10.2. The smallest absolute Gasteiger partial charge is 0.262 e. The van der Waals surface area contributed by atoms with Gasteiger partial charge in [0.25, 0.3) is 11.9 Å². The first kappa shape index (κ1) is 15.5. The Morgan fingerprint density at radius 1 is 1.21 bits per heavy atom. The highest BCUT2D eigenvalue weighted by Gasteiger charge is 2.06. The van der Waals surface area contributed by atoms with Gasteiger partial charge in [0.15, 0.2) is 6.61 Å². The number of rotatable bonds is 6. The Morgan fingerprint density at radius 2 is 2.00 bits per heavy atom. The number of amides is 1. The molecule has 0 saturated carbocycles. The highest BCUT2D eigenvalue weighted by molar-refractivity contribution is 5.91. The quantitative estimate of drug-likeness (QED) is 0.741. The van der Waals surface area contributed by atoms with Gasteiger partial charge in [-0.25, -0.2) is 14.6 Å². The van der Waals surface area contributed by atoms with E-state index in [2.05, 4.69) is 20.4 Å². The van der Waals surface area contributed by atoms with Crippen molar-refractivity contribution in [3.63, 3.8) is 0 Å². The maximum Gasteiger partial charge on any atom is 0.262 e. The molecule has 0 atom stereocenters. The van der Waals surface area contributed by atoms with Crippen molar-refractivity contribution in [2.75, 3.05) is 19.0 Å². The monoisotopic (exact) mass is 325 g/mol. The molecule has 24 heavy (non-hydrogen) atoms. The third kappa shape index (κ3) is 3.86. The number of hydrogen-bond acceptors (Lipinski definition) is 6. The fraction of sp³-hybridized carbons (Fsp3) is 0.125.